The fraction of sp³-hybridized carbons (Fsp3) is 0.333. The van der Waals surface area contributed by atoms with Gasteiger partial charge < -0.3 is 14.4 Å². The fourth-order valence-corrected chi connectivity index (χ4v) is 3.52. The zero-order valence-electron chi connectivity index (χ0n) is 17.0. The van der Waals surface area contributed by atoms with Crippen molar-refractivity contribution in [1.82, 2.24) is 4.90 Å². The Labute approximate surface area is 171 Å². The van der Waals surface area contributed by atoms with Crippen LogP contribution in [0, 0.1) is 5.92 Å². The lowest BCUT2D eigenvalue weighted by Crippen LogP contribution is -2.39. The first-order valence-corrected chi connectivity index (χ1v) is 9.99. The van der Waals surface area contributed by atoms with Crippen LogP contribution in [0.1, 0.15) is 35.7 Å². The maximum atomic E-state index is 12.7. The molecule has 0 saturated carbocycles. The highest BCUT2D eigenvalue weighted by molar-refractivity contribution is 5.98. The number of hydrogen-bond donors (Lipinski definition) is 0. The topological polar surface area (TPSA) is 55.8 Å². The number of ether oxygens (including phenoxy) is 2. The van der Waals surface area contributed by atoms with Crippen LogP contribution in [-0.2, 0) is 4.79 Å². The standard InChI is InChI=1S/C24H27NO4/c1-3-29-22-7-5-4-6-18(22)10-13-23(26)25-16-14-20(15-17-25)24(27)19-8-11-21(28-2)12-9-19/h4-13,20H,3,14-17H2,1-2H3/b13-10+. The Hall–Kier alpha value is -3.08. The summed E-state index contributed by atoms with van der Waals surface area (Å²) in [7, 11) is 1.60. The molecular formula is C24H27NO4. The smallest absolute Gasteiger partial charge is 0.246 e. The summed E-state index contributed by atoms with van der Waals surface area (Å²) in [6.45, 7) is 3.68. The van der Waals surface area contributed by atoms with Crippen LogP contribution in [0.25, 0.3) is 6.08 Å². The summed E-state index contributed by atoms with van der Waals surface area (Å²) in [6, 6.07) is 14.9. The minimum Gasteiger partial charge on any atom is -0.497 e. The van der Waals surface area contributed by atoms with Crippen LogP contribution in [0.4, 0.5) is 0 Å². The van der Waals surface area contributed by atoms with Crippen molar-refractivity contribution in [3.8, 4) is 11.5 Å². The van der Waals surface area contributed by atoms with Gasteiger partial charge >= 0.3 is 0 Å². The number of nitrogens with zero attached hydrogens (tertiary/aromatic N) is 1. The summed E-state index contributed by atoms with van der Waals surface area (Å²) in [6.07, 6.45) is 4.74. The molecule has 1 aliphatic heterocycles. The third kappa shape index (κ3) is 5.25. The van der Waals surface area contributed by atoms with Gasteiger partial charge in [0.1, 0.15) is 11.5 Å². The van der Waals surface area contributed by atoms with Crippen molar-refractivity contribution in [3.63, 3.8) is 0 Å². The third-order valence-electron chi connectivity index (χ3n) is 5.18. The largest absolute Gasteiger partial charge is 0.497 e. The van der Waals surface area contributed by atoms with Crippen molar-refractivity contribution in [3.05, 3.63) is 65.7 Å². The molecule has 3 rings (SSSR count). The summed E-state index contributed by atoms with van der Waals surface area (Å²) in [5, 5.41) is 0. The second kappa shape index (κ2) is 9.92. The van der Waals surface area contributed by atoms with Crippen LogP contribution in [0.2, 0.25) is 0 Å². The van der Waals surface area contributed by atoms with Gasteiger partial charge in [0.05, 0.1) is 13.7 Å². The minimum absolute atomic E-state index is 0.0355. The Kier molecular flexibility index (Phi) is 7.06. The highest BCUT2D eigenvalue weighted by Gasteiger charge is 2.27. The van der Waals surface area contributed by atoms with Gasteiger partial charge in [-0.1, -0.05) is 18.2 Å². The lowest BCUT2D eigenvalue weighted by atomic mass is 9.89. The highest BCUT2D eigenvalue weighted by atomic mass is 16.5. The molecule has 1 heterocycles. The van der Waals surface area contributed by atoms with Crippen LogP contribution in [-0.4, -0.2) is 43.4 Å². The molecule has 0 aromatic heterocycles. The molecule has 2 aromatic carbocycles. The van der Waals surface area contributed by atoms with E-state index in [2.05, 4.69) is 0 Å². The van der Waals surface area contributed by atoms with Crippen molar-refractivity contribution < 1.29 is 19.1 Å². The van der Waals surface area contributed by atoms with Gasteiger partial charge in [-0.05, 0) is 56.2 Å². The van der Waals surface area contributed by atoms with E-state index in [0.717, 1.165) is 17.1 Å². The predicted molar refractivity (Wildman–Crippen MR) is 113 cm³/mol. The number of methoxy groups -OCH3 is 1. The molecule has 5 nitrogen and oxygen atoms in total. The number of hydrogen-bond acceptors (Lipinski definition) is 4. The molecule has 1 fully saturated rings. The summed E-state index contributed by atoms with van der Waals surface area (Å²) in [5.41, 5.74) is 1.58. The van der Waals surface area contributed by atoms with Gasteiger partial charge in [-0.25, -0.2) is 0 Å². The number of para-hydroxylation sites is 1. The summed E-state index contributed by atoms with van der Waals surface area (Å²) in [4.78, 5) is 27.1. The van der Waals surface area contributed by atoms with E-state index in [4.69, 9.17) is 9.47 Å². The Balaban J connectivity index is 1.56. The van der Waals surface area contributed by atoms with Gasteiger partial charge in [-0.2, -0.15) is 0 Å². The van der Waals surface area contributed by atoms with E-state index in [1.54, 1.807) is 48.4 Å². The molecule has 1 aliphatic rings. The van der Waals surface area contributed by atoms with E-state index in [0.29, 0.717) is 38.1 Å². The van der Waals surface area contributed by atoms with Crippen LogP contribution in [0.5, 0.6) is 11.5 Å². The van der Waals surface area contributed by atoms with E-state index in [1.807, 2.05) is 31.2 Å². The van der Waals surface area contributed by atoms with E-state index < -0.39 is 0 Å². The van der Waals surface area contributed by atoms with Crippen LogP contribution < -0.4 is 9.47 Å². The van der Waals surface area contributed by atoms with Crippen LogP contribution in [0.15, 0.2) is 54.6 Å². The molecule has 5 heteroatoms. The monoisotopic (exact) mass is 393 g/mol. The van der Waals surface area contributed by atoms with E-state index in [-0.39, 0.29) is 17.6 Å². The van der Waals surface area contributed by atoms with E-state index in [9.17, 15) is 9.59 Å². The number of benzene rings is 2. The molecule has 0 atom stereocenters. The van der Waals surface area contributed by atoms with Gasteiger partial charge in [-0.15, -0.1) is 0 Å². The second-order valence-electron chi connectivity index (χ2n) is 7.00. The fourth-order valence-electron chi connectivity index (χ4n) is 3.52. The molecule has 0 bridgehead atoms. The zero-order valence-corrected chi connectivity index (χ0v) is 17.0. The van der Waals surface area contributed by atoms with E-state index in [1.165, 1.54) is 0 Å². The molecule has 0 unspecified atom stereocenters. The lowest BCUT2D eigenvalue weighted by Gasteiger charge is -2.30. The van der Waals surface area contributed by atoms with Crippen molar-refractivity contribution in [2.75, 3.05) is 26.8 Å². The molecule has 0 spiro atoms. The number of likely N-dealkylation sites (tertiary alicyclic amines) is 1. The Bertz CT molecular complexity index is 865. The molecule has 1 amide bonds. The summed E-state index contributed by atoms with van der Waals surface area (Å²) < 4.78 is 10.7. The maximum absolute atomic E-state index is 12.7. The third-order valence-corrected chi connectivity index (χ3v) is 5.18. The average molecular weight is 393 g/mol. The minimum atomic E-state index is -0.0462. The number of carbonyl (C=O) groups is 2. The molecule has 0 radical (unpaired) electrons. The van der Waals surface area contributed by atoms with Gasteiger partial charge in [0.15, 0.2) is 5.78 Å². The highest BCUT2D eigenvalue weighted by Crippen LogP contribution is 2.24. The molecular weight excluding hydrogens is 366 g/mol. The van der Waals surface area contributed by atoms with Gasteiger partial charge in [0.25, 0.3) is 0 Å². The summed E-state index contributed by atoms with van der Waals surface area (Å²) in [5.74, 6) is 1.56. The number of rotatable bonds is 7. The van der Waals surface area contributed by atoms with Gasteiger partial charge in [0, 0.05) is 36.2 Å². The van der Waals surface area contributed by atoms with Crippen molar-refractivity contribution in [2.24, 2.45) is 5.92 Å². The summed E-state index contributed by atoms with van der Waals surface area (Å²) >= 11 is 0. The van der Waals surface area contributed by atoms with Crippen molar-refractivity contribution >= 4 is 17.8 Å². The first-order chi connectivity index (χ1) is 14.1. The van der Waals surface area contributed by atoms with Crippen molar-refractivity contribution in [1.29, 1.82) is 0 Å². The molecule has 2 aromatic rings. The first-order valence-electron chi connectivity index (χ1n) is 9.99. The molecule has 0 N–H and O–H groups in total. The van der Waals surface area contributed by atoms with Crippen LogP contribution >= 0.6 is 0 Å². The number of carbonyl (C=O) groups excluding carboxylic acids is 2. The Morgan fingerprint density at radius 1 is 1.07 bits per heavy atom. The van der Waals surface area contributed by atoms with Crippen molar-refractivity contribution in [2.45, 2.75) is 19.8 Å². The number of piperidine rings is 1. The number of amides is 1. The Morgan fingerprint density at radius 2 is 1.76 bits per heavy atom. The predicted octanol–water partition coefficient (Wildman–Crippen LogP) is 4.23. The number of ketones is 1. The van der Waals surface area contributed by atoms with Gasteiger partial charge in [0.2, 0.25) is 5.91 Å². The first kappa shape index (κ1) is 20.6. The van der Waals surface area contributed by atoms with Crippen LogP contribution in [0.3, 0.4) is 0 Å². The quantitative estimate of drug-likeness (QED) is 0.522. The Morgan fingerprint density at radius 3 is 2.41 bits per heavy atom. The maximum Gasteiger partial charge on any atom is 0.246 e. The van der Waals surface area contributed by atoms with Gasteiger partial charge in [-0.3, -0.25) is 9.59 Å². The normalized spacial score (nSPS) is 14.8. The molecule has 152 valence electrons. The number of Topliss-reactive ketones (excluding diaryl/α,β-unsaturated/α-hetero) is 1. The molecule has 29 heavy (non-hydrogen) atoms. The SMILES string of the molecule is CCOc1ccccc1/C=C/C(=O)N1CCC(C(=O)c2ccc(OC)cc2)CC1. The average Bonchev–Trinajstić information content (AvgIpc) is 2.78. The molecule has 1 saturated heterocycles. The second-order valence-corrected chi connectivity index (χ2v) is 7.00. The van der Waals surface area contributed by atoms with E-state index >= 15 is 0 Å². The zero-order chi connectivity index (χ0) is 20.6. The lowest BCUT2D eigenvalue weighted by molar-refractivity contribution is -0.127. The molecule has 0 aliphatic carbocycles.